The summed E-state index contributed by atoms with van der Waals surface area (Å²) < 4.78 is 58.8. The molecule has 0 aliphatic carbocycles. The minimum Gasteiger partial charge on any atom is -0.489 e. The zero-order valence-electron chi connectivity index (χ0n) is 21.7. The number of hydrogen-bond donors (Lipinski definition) is 0. The van der Waals surface area contributed by atoms with E-state index in [1.807, 2.05) is 11.4 Å². The third kappa shape index (κ3) is 6.40. The van der Waals surface area contributed by atoms with Crippen LogP contribution in [0.4, 0.5) is 17.6 Å². The molecule has 1 saturated heterocycles. The van der Waals surface area contributed by atoms with Crippen molar-refractivity contribution < 1.29 is 31.9 Å². The highest BCUT2D eigenvalue weighted by molar-refractivity contribution is 7.10. The van der Waals surface area contributed by atoms with Crippen molar-refractivity contribution in [2.45, 2.75) is 50.7 Å². The molecule has 41 heavy (non-hydrogen) atoms. The molecule has 0 saturated carbocycles. The summed E-state index contributed by atoms with van der Waals surface area (Å²) in [5.74, 6) is 0.255. The number of halogens is 5. The topological polar surface area (TPSA) is 81.8 Å². The van der Waals surface area contributed by atoms with Gasteiger partial charge in [-0.25, -0.2) is 22.5 Å². The maximum absolute atomic E-state index is 13.3. The van der Waals surface area contributed by atoms with Crippen molar-refractivity contribution in [3.63, 3.8) is 0 Å². The van der Waals surface area contributed by atoms with Crippen molar-refractivity contribution in [2.75, 3.05) is 19.7 Å². The van der Waals surface area contributed by atoms with Crippen LogP contribution < -0.4 is 4.74 Å². The molecule has 1 atom stereocenters. The monoisotopic (exact) mass is 611 g/mol. The number of aromatic nitrogens is 3. The number of alkyl halides is 4. The van der Waals surface area contributed by atoms with Gasteiger partial charge in [-0.2, -0.15) is 5.10 Å². The molecular weight excluding hydrogens is 586 g/mol. The fraction of sp³-hybridized carbons (Fsp3) is 0.407. The van der Waals surface area contributed by atoms with Gasteiger partial charge in [0, 0.05) is 30.8 Å². The molecule has 1 unspecified atom stereocenters. The lowest BCUT2D eigenvalue weighted by Gasteiger charge is -2.31. The Morgan fingerprint density at radius 2 is 2.02 bits per heavy atom. The maximum atomic E-state index is 13.3. The van der Waals surface area contributed by atoms with Gasteiger partial charge in [0.2, 0.25) is 5.91 Å². The van der Waals surface area contributed by atoms with Gasteiger partial charge >= 0.3 is 0 Å². The van der Waals surface area contributed by atoms with Gasteiger partial charge in [-0.1, -0.05) is 35.5 Å². The summed E-state index contributed by atoms with van der Waals surface area (Å²) in [5, 5.41) is 11.1. The van der Waals surface area contributed by atoms with Crippen molar-refractivity contribution >= 4 is 34.6 Å². The van der Waals surface area contributed by atoms with Crippen LogP contribution in [0.3, 0.4) is 0 Å². The van der Waals surface area contributed by atoms with Crippen LogP contribution >= 0.6 is 22.9 Å². The van der Waals surface area contributed by atoms with Crippen molar-refractivity contribution in [3.8, 4) is 5.75 Å². The Labute approximate surface area is 242 Å². The molecule has 14 heteroatoms. The standard InChI is InChI=1S/C27H26ClF4N5O3S/c1-2-10-39-21-5-3-4-16(28)24(21)22-12-17(35-40-22)19-14-41-27(33-19)15-6-8-36(9-7-15)23(38)13-37-20(26(31)32)11-18(34-37)25(29)30/h2-5,11,14-15,22,25-26H,1,6-10,12-13H2. The summed E-state index contributed by atoms with van der Waals surface area (Å²) >= 11 is 7.95. The number of hydrogen-bond acceptors (Lipinski definition) is 7. The average molecular weight is 612 g/mol. The van der Waals surface area contributed by atoms with E-state index in [9.17, 15) is 22.4 Å². The smallest absolute Gasteiger partial charge is 0.282 e. The molecule has 3 aromatic rings. The lowest BCUT2D eigenvalue weighted by Crippen LogP contribution is -2.40. The predicted octanol–water partition coefficient (Wildman–Crippen LogP) is 6.70. The molecule has 0 N–H and O–H groups in total. The number of carbonyl (C=O) groups is 1. The third-order valence-corrected chi connectivity index (χ3v) is 8.27. The maximum Gasteiger partial charge on any atom is 0.282 e. The van der Waals surface area contributed by atoms with E-state index < -0.39 is 42.8 Å². The normalized spacial score (nSPS) is 17.7. The quantitative estimate of drug-likeness (QED) is 0.188. The van der Waals surface area contributed by atoms with E-state index in [2.05, 4.69) is 16.8 Å². The molecule has 2 aliphatic rings. The first-order valence-corrected chi connectivity index (χ1v) is 14.1. The summed E-state index contributed by atoms with van der Waals surface area (Å²) in [6.07, 6.45) is -3.09. The summed E-state index contributed by atoms with van der Waals surface area (Å²) in [5.41, 5.74) is 0.637. The molecule has 0 spiro atoms. The molecule has 4 heterocycles. The molecule has 0 bridgehead atoms. The number of oxime groups is 1. The number of amides is 1. The van der Waals surface area contributed by atoms with E-state index in [4.69, 9.17) is 26.2 Å². The summed E-state index contributed by atoms with van der Waals surface area (Å²) in [4.78, 5) is 24.8. The van der Waals surface area contributed by atoms with E-state index in [0.717, 1.165) is 5.01 Å². The Morgan fingerprint density at radius 1 is 1.24 bits per heavy atom. The lowest BCUT2D eigenvalue weighted by atomic mass is 9.97. The first kappa shape index (κ1) is 29.1. The third-order valence-electron chi connectivity index (χ3n) is 6.94. The minimum atomic E-state index is -3.02. The first-order valence-electron chi connectivity index (χ1n) is 12.9. The van der Waals surface area contributed by atoms with Gasteiger partial charge in [0.1, 0.15) is 36.0 Å². The van der Waals surface area contributed by atoms with E-state index in [-0.39, 0.29) is 5.92 Å². The largest absolute Gasteiger partial charge is 0.489 e. The molecule has 2 aliphatic heterocycles. The fourth-order valence-corrected chi connectivity index (χ4v) is 6.15. The highest BCUT2D eigenvalue weighted by Crippen LogP contribution is 2.40. The second-order valence-corrected chi connectivity index (χ2v) is 10.9. The predicted molar refractivity (Wildman–Crippen MR) is 145 cm³/mol. The van der Waals surface area contributed by atoms with Crippen LogP contribution in [0.1, 0.15) is 71.8 Å². The zero-order chi connectivity index (χ0) is 29.1. The van der Waals surface area contributed by atoms with Crippen molar-refractivity contribution in [1.82, 2.24) is 19.7 Å². The van der Waals surface area contributed by atoms with Crippen LogP contribution in [-0.4, -0.2) is 51.0 Å². The van der Waals surface area contributed by atoms with Crippen LogP contribution in [-0.2, 0) is 16.2 Å². The van der Waals surface area contributed by atoms with Gasteiger partial charge in [0.15, 0.2) is 6.10 Å². The Morgan fingerprint density at radius 3 is 2.73 bits per heavy atom. The number of rotatable bonds is 10. The molecule has 0 radical (unpaired) electrons. The van der Waals surface area contributed by atoms with Crippen LogP contribution in [0.15, 0.2) is 47.5 Å². The van der Waals surface area contributed by atoms with Gasteiger partial charge in [0.25, 0.3) is 12.9 Å². The number of ether oxygens (including phenoxy) is 1. The summed E-state index contributed by atoms with van der Waals surface area (Å²) in [6, 6.07) is 6.02. The molecule has 218 valence electrons. The molecule has 5 rings (SSSR count). The van der Waals surface area contributed by atoms with Crippen LogP contribution in [0.25, 0.3) is 0 Å². The van der Waals surface area contributed by atoms with Crippen molar-refractivity contribution in [2.24, 2.45) is 5.16 Å². The number of thiazole rings is 1. The molecule has 1 fully saturated rings. The zero-order valence-corrected chi connectivity index (χ0v) is 23.3. The number of carbonyl (C=O) groups excluding carboxylic acids is 1. The van der Waals surface area contributed by atoms with Gasteiger partial charge in [-0.15, -0.1) is 11.3 Å². The van der Waals surface area contributed by atoms with Crippen LogP contribution in [0, 0.1) is 0 Å². The number of piperidine rings is 1. The second-order valence-electron chi connectivity index (χ2n) is 9.57. The van der Waals surface area contributed by atoms with E-state index in [1.54, 1.807) is 23.1 Å². The summed E-state index contributed by atoms with van der Waals surface area (Å²) in [6.45, 7) is 4.25. The molecular formula is C27H26ClF4N5O3S. The molecule has 1 aromatic carbocycles. The number of benzene rings is 1. The Kier molecular flexibility index (Phi) is 8.93. The molecule has 2 aromatic heterocycles. The van der Waals surface area contributed by atoms with Crippen molar-refractivity contribution in [3.05, 3.63) is 75.0 Å². The average Bonchev–Trinajstić information content (AvgIpc) is 3.72. The van der Waals surface area contributed by atoms with Gasteiger partial charge in [-0.05, 0) is 31.0 Å². The van der Waals surface area contributed by atoms with E-state index in [1.165, 1.54) is 11.3 Å². The van der Waals surface area contributed by atoms with Gasteiger partial charge in [0.05, 0.1) is 21.3 Å². The molecule has 8 nitrogen and oxygen atoms in total. The summed E-state index contributed by atoms with van der Waals surface area (Å²) in [7, 11) is 0. The Bertz CT molecular complexity index is 1440. The minimum absolute atomic E-state index is 0.103. The Balaban J connectivity index is 1.18. The number of nitrogens with zero attached hydrogens (tertiary/aromatic N) is 5. The fourth-order valence-electron chi connectivity index (χ4n) is 4.86. The highest BCUT2D eigenvalue weighted by atomic mass is 35.5. The van der Waals surface area contributed by atoms with Gasteiger partial charge in [-0.3, -0.25) is 9.48 Å². The SMILES string of the molecule is C=CCOc1cccc(Cl)c1C1CC(c2csc(C3CCN(C(=O)Cn4nc(C(F)F)cc4C(F)F)CC3)n2)=NO1. The van der Waals surface area contributed by atoms with Crippen LogP contribution in [0.5, 0.6) is 5.75 Å². The van der Waals surface area contributed by atoms with E-state index in [0.29, 0.717) is 77.4 Å². The first-order chi connectivity index (χ1) is 19.7. The van der Waals surface area contributed by atoms with Crippen molar-refractivity contribution in [1.29, 1.82) is 0 Å². The van der Waals surface area contributed by atoms with E-state index >= 15 is 0 Å². The lowest BCUT2D eigenvalue weighted by molar-refractivity contribution is -0.133. The Hall–Kier alpha value is -3.45. The second kappa shape index (κ2) is 12.6. The molecule has 1 amide bonds. The highest BCUT2D eigenvalue weighted by Gasteiger charge is 2.32. The number of likely N-dealkylation sites (tertiary alicyclic amines) is 1. The van der Waals surface area contributed by atoms with Gasteiger partial charge < -0.3 is 14.5 Å². The van der Waals surface area contributed by atoms with Crippen LogP contribution in [0.2, 0.25) is 5.02 Å².